The number of hydrogen-bond donors (Lipinski definition) is 1. The molecule has 0 radical (unpaired) electrons. The molecule has 142 valence electrons. The molecule has 1 heterocycles. The minimum absolute atomic E-state index is 0.0822. The Morgan fingerprint density at radius 2 is 1.70 bits per heavy atom. The molecule has 0 amide bonds. The average molecular weight is 396 g/mol. The van der Waals surface area contributed by atoms with E-state index in [-0.39, 0.29) is 5.82 Å². The van der Waals surface area contributed by atoms with Crippen LogP contribution in [0.25, 0.3) is 11.4 Å². The maximum atomic E-state index is 12.9. The summed E-state index contributed by atoms with van der Waals surface area (Å²) in [5.74, 6) is -0.605. The Balaban J connectivity index is 1.87. The lowest BCUT2D eigenvalue weighted by Gasteiger charge is -2.06. The molecule has 0 aliphatic rings. The van der Waals surface area contributed by atoms with Crippen LogP contribution in [0.5, 0.6) is 5.75 Å². The van der Waals surface area contributed by atoms with E-state index in [2.05, 4.69) is 14.4 Å². The summed E-state index contributed by atoms with van der Waals surface area (Å²) in [5, 5.41) is 5.43. The molecule has 27 heavy (non-hydrogen) atoms. The van der Waals surface area contributed by atoms with Crippen LogP contribution in [-0.4, -0.2) is 32.8 Å². The zero-order valence-corrected chi connectivity index (χ0v) is 15.1. The molecule has 1 atom stereocenters. The molecule has 0 saturated heterocycles. The van der Waals surface area contributed by atoms with E-state index in [1.54, 1.807) is 36.4 Å². The number of rotatable bonds is 4. The van der Waals surface area contributed by atoms with Gasteiger partial charge in [0.05, 0.1) is 22.5 Å². The first-order valence-electron chi connectivity index (χ1n) is 7.65. The van der Waals surface area contributed by atoms with Gasteiger partial charge in [-0.25, -0.2) is 9.19 Å². The number of H-pyrrole nitrogens is 1. The Morgan fingerprint density at radius 3 is 2.22 bits per heavy atom. The molecule has 0 spiro atoms. The lowest BCUT2D eigenvalue weighted by Crippen LogP contribution is -2.07. The summed E-state index contributed by atoms with van der Waals surface area (Å²) in [6.07, 6.45) is -3.08. The lowest BCUT2D eigenvalue weighted by molar-refractivity contribution is -0.144. The summed E-state index contributed by atoms with van der Waals surface area (Å²) in [6.45, 7) is 0. The number of aromatic amines is 1. The van der Waals surface area contributed by atoms with Crippen LogP contribution in [0, 0.1) is 0 Å². The van der Waals surface area contributed by atoms with Crippen LogP contribution in [0.4, 0.5) is 18.9 Å². The summed E-state index contributed by atoms with van der Waals surface area (Å²) in [7, 11) is -1.16. The highest BCUT2D eigenvalue weighted by atomic mass is 32.2. The standard InChI is InChI=1S/C17H15F3N4O2S/c1-26-13-7-9-14(10-8-13)27(2,25)24-12-5-3-11(4-6-12)15-21-16(23-22-15)17(18,19)20/h3-10H,1-2H3,(H,21,22,23). The van der Waals surface area contributed by atoms with E-state index in [1.165, 1.54) is 25.5 Å². The van der Waals surface area contributed by atoms with Crippen LogP contribution in [0.1, 0.15) is 5.82 Å². The quantitative estimate of drug-likeness (QED) is 0.714. The van der Waals surface area contributed by atoms with Crippen molar-refractivity contribution < 1.29 is 22.1 Å². The maximum absolute atomic E-state index is 12.9. The molecule has 10 heteroatoms. The third-order valence-corrected chi connectivity index (χ3v) is 5.36. The van der Waals surface area contributed by atoms with Gasteiger partial charge in [-0.3, -0.25) is 5.10 Å². The minimum Gasteiger partial charge on any atom is -0.497 e. The Bertz CT molecular complexity index is 1050. The van der Waals surface area contributed by atoms with E-state index < -0.39 is 21.7 Å². The summed E-state index contributed by atoms with van der Waals surface area (Å²) in [5.41, 5.74) is 0.807. The molecule has 0 aliphatic heterocycles. The number of halogens is 3. The fourth-order valence-corrected chi connectivity index (χ4v) is 3.54. The normalized spacial score (nSPS) is 13.8. The van der Waals surface area contributed by atoms with Gasteiger partial charge in [0.15, 0.2) is 5.82 Å². The number of nitrogens with one attached hydrogen (secondary N) is 1. The zero-order chi connectivity index (χ0) is 19.7. The minimum atomic E-state index is -4.59. The summed E-state index contributed by atoms with van der Waals surface area (Å²) >= 11 is 0. The van der Waals surface area contributed by atoms with Gasteiger partial charge < -0.3 is 4.74 Å². The van der Waals surface area contributed by atoms with Crippen molar-refractivity contribution in [3.05, 3.63) is 54.4 Å². The van der Waals surface area contributed by atoms with E-state index >= 15 is 0 Å². The number of hydrogen-bond acceptors (Lipinski definition) is 5. The maximum Gasteiger partial charge on any atom is 0.451 e. The number of ether oxygens (including phenoxy) is 1. The van der Waals surface area contributed by atoms with Crippen molar-refractivity contribution in [2.24, 2.45) is 4.36 Å². The molecule has 1 aromatic heterocycles. The topological polar surface area (TPSA) is 80.2 Å². The second kappa shape index (κ2) is 7.03. The van der Waals surface area contributed by atoms with Crippen molar-refractivity contribution in [2.45, 2.75) is 11.1 Å². The van der Waals surface area contributed by atoms with Crippen molar-refractivity contribution in [2.75, 3.05) is 13.4 Å². The van der Waals surface area contributed by atoms with Crippen LogP contribution in [-0.2, 0) is 15.9 Å². The molecule has 3 rings (SSSR count). The van der Waals surface area contributed by atoms with Gasteiger partial charge in [-0.15, -0.1) is 0 Å². The van der Waals surface area contributed by atoms with Gasteiger partial charge in [-0.2, -0.15) is 22.6 Å². The van der Waals surface area contributed by atoms with Gasteiger partial charge in [-0.1, -0.05) is 0 Å². The molecular weight excluding hydrogens is 381 g/mol. The largest absolute Gasteiger partial charge is 0.497 e. The molecule has 0 aliphatic carbocycles. The van der Waals surface area contributed by atoms with Gasteiger partial charge in [0.25, 0.3) is 0 Å². The van der Waals surface area contributed by atoms with E-state index in [4.69, 9.17) is 4.74 Å². The van der Waals surface area contributed by atoms with E-state index in [0.717, 1.165) is 0 Å². The Kier molecular flexibility index (Phi) is 4.92. The first-order valence-corrected chi connectivity index (χ1v) is 9.57. The molecular formula is C17H15F3N4O2S. The average Bonchev–Trinajstić information content (AvgIpc) is 3.13. The van der Waals surface area contributed by atoms with Crippen molar-refractivity contribution >= 4 is 15.4 Å². The molecule has 3 aromatic rings. The molecule has 2 aromatic carbocycles. The van der Waals surface area contributed by atoms with Crippen LogP contribution in [0.3, 0.4) is 0 Å². The number of nitrogens with zero attached hydrogens (tertiary/aromatic N) is 3. The predicted molar refractivity (Wildman–Crippen MR) is 94.2 cm³/mol. The van der Waals surface area contributed by atoms with Crippen molar-refractivity contribution in [1.29, 1.82) is 0 Å². The molecule has 6 nitrogen and oxygen atoms in total. The highest BCUT2D eigenvalue weighted by Crippen LogP contribution is 2.28. The summed E-state index contributed by atoms with van der Waals surface area (Å²) < 4.78 is 59.9. The van der Waals surface area contributed by atoms with E-state index in [0.29, 0.717) is 21.9 Å². The van der Waals surface area contributed by atoms with E-state index in [1.807, 2.05) is 5.10 Å². The van der Waals surface area contributed by atoms with Gasteiger partial charge in [-0.05, 0) is 48.5 Å². The third kappa shape index (κ3) is 4.27. The SMILES string of the molecule is COc1ccc(S(C)(=O)=Nc2ccc(-c3n[nH]c(C(F)(F)F)n3)cc2)cc1. The first kappa shape index (κ1) is 18.9. The summed E-state index contributed by atoms with van der Waals surface area (Å²) in [4.78, 5) is 3.97. The van der Waals surface area contributed by atoms with Crippen molar-refractivity contribution in [1.82, 2.24) is 15.2 Å². The fraction of sp³-hybridized carbons (Fsp3) is 0.176. The molecule has 0 fully saturated rings. The highest BCUT2D eigenvalue weighted by Gasteiger charge is 2.35. The Morgan fingerprint density at radius 1 is 1.07 bits per heavy atom. The molecule has 0 bridgehead atoms. The highest BCUT2D eigenvalue weighted by molar-refractivity contribution is 7.93. The van der Waals surface area contributed by atoms with Crippen LogP contribution >= 0.6 is 0 Å². The fourth-order valence-electron chi connectivity index (χ4n) is 2.27. The van der Waals surface area contributed by atoms with Gasteiger partial charge in [0.2, 0.25) is 5.82 Å². The predicted octanol–water partition coefficient (Wildman–Crippen LogP) is 4.29. The lowest BCUT2D eigenvalue weighted by atomic mass is 10.2. The zero-order valence-electron chi connectivity index (χ0n) is 14.3. The smallest absolute Gasteiger partial charge is 0.451 e. The molecule has 0 saturated carbocycles. The number of methoxy groups -OCH3 is 1. The molecule has 1 N–H and O–H groups in total. The second-order valence-corrected chi connectivity index (χ2v) is 7.88. The van der Waals surface area contributed by atoms with Crippen LogP contribution in [0.15, 0.2) is 57.8 Å². The second-order valence-electron chi connectivity index (χ2n) is 5.62. The number of aromatic nitrogens is 3. The van der Waals surface area contributed by atoms with E-state index in [9.17, 15) is 17.4 Å². The summed E-state index contributed by atoms with van der Waals surface area (Å²) in [6, 6.07) is 12.9. The number of alkyl halides is 3. The van der Waals surface area contributed by atoms with Crippen LogP contribution < -0.4 is 4.74 Å². The monoisotopic (exact) mass is 396 g/mol. The van der Waals surface area contributed by atoms with Gasteiger partial charge in [0, 0.05) is 16.7 Å². The van der Waals surface area contributed by atoms with Crippen LogP contribution in [0.2, 0.25) is 0 Å². The third-order valence-electron chi connectivity index (χ3n) is 3.66. The van der Waals surface area contributed by atoms with Crippen molar-refractivity contribution in [3.8, 4) is 17.1 Å². The Hall–Kier alpha value is -2.88. The molecule has 1 unspecified atom stereocenters. The Labute approximate surface area is 153 Å². The number of benzene rings is 2. The van der Waals surface area contributed by atoms with Gasteiger partial charge >= 0.3 is 6.18 Å². The van der Waals surface area contributed by atoms with Crippen molar-refractivity contribution in [3.63, 3.8) is 0 Å². The van der Waals surface area contributed by atoms with Gasteiger partial charge in [0.1, 0.15) is 5.75 Å². The first-order chi connectivity index (χ1) is 12.7.